The predicted octanol–water partition coefficient (Wildman–Crippen LogP) is 6.23. The molecule has 0 radical (unpaired) electrons. The van der Waals surface area contributed by atoms with Crippen LogP contribution in [0, 0.1) is 18.7 Å². The fraction of sp³-hybridized carbons (Fsp3) is 0.441. The Labute approximate surface area is 243 Å². The first-order valence-corrected chi connectivity index (χ1v) is 14.8. The number of carbonyl (C=O) groups excluding carboxylic acids is 1. The van der Waals surface area contributed by atoms with Crippen LogP contribution in [0.15, 0.2) is 66.7 Å². The Balaban J connectivity index is 1.46. The SMILES string of the molecule is Cc1cccc(F)c1C(=O)N1CCCC(C(O)Nc2cccc(C(C)(C)C)c2)C1c1ccc(NC2CCNC2)cc1. The van der Waals surface area contributed by atoms with E-state index in [1.807, 2.05) is 36.4 Å². The summed E-state index contributed by atoms with van der Waals surface area (Å²) in [4.78, 5) is 15.7. The summed E-state index contributed by atoms with van der Waals surface area (Å²) in [6.45, 7) is 10.7. The van der Waals surface area contributed by atoms with Gasteiger partial charge in [0.05, 0.1) is 11.6 Å². The Bertz CT molecular complexity index is 1330. The van der Waals surface area contributed by atoms with Crippen molar-refractivity contribution in [2.75, 3.05) is 30.3 Å². The Morgan fingerprint density at radius 1 is 1.05 bits per heavy atom. The maximum absolute atomic E-state index is 15.0. The van der Waals surface area contributed by atoms with E-state index >= 15 is 0 Å². The van der Waals surface area contributed by atoms with Gasteiger partial charge >= 0.3 is 0 Å². The summed E-state index contributed by atoms with van der Waals surface area (Å²) in [5, 5.41) is 21.9. The molecule has 3 aromatic carbocycles. The lowest BCUT2D eigenvalue weighted by Crippen LogP contribution is -2.48. The number of benzene rings is 3. The quantitative estimate of drug-likeness (QED) is 0.259. The van der Waals surface area contributed by atoms with Crippen LogP contribution in [0.2, 0.25) is 0 Å². The third-order valence-corrected chi connectivity index (χ3v) is 8.51. The topological polar surface area (TPSA) is 76.6 Å². The molecule has 2 heterocycles. The van der Waals surface area contributed by atoms with E-state index < -0.39 is 18.1 Å². The van der Waals surface area contributed by atoms with Crippen LogP contribution in [0.4, 0.5) is 15.8 Å². The van der Waals surface area contributed by atoms with Gasteiger partial charge < -0.3 is 26.0 Å². The Hall–Kier alpha value is -3.42. The maximum Gasteiger partial charge on any atom is 0.257 e. The lowest BCUT2D eigenvalue weighted by molar-refractivity contribution is 0.0158. The van der Waals surface area contributed by atoms with Crippen molar-refractivity contribution in [3.05, 3.63) is 94.8 Å². The highest BCUT2D eigenvalue weighted by atomic mass is 19.1. The molecule has 41 heavy (non-hydrogen) atoms. The summed E-state index contributed by atoms with van der Waals surface area (Å²) in [6, 6.07) is 21.0. The largest absolute Gasteiger partial charge is 0.381 e. The van der Waals surface area contributed by atoms with Crippen molar-refractivity contribution >= 4 is 17.3 Å². The second-order valence-electron chi connectivity index (χ2n) is 12.6. The van der Waals surface area contributed by atoms with E-state index in [2.05, 4.69) is 48.9 Å². The third kappa shape index (κ3) is 6.57. The van der Waals surface area contributed by atoms with Crippen LogP contribution in [-0.4, -0.2) is 47.8 Å². The van der Waals surface area contributed by atoms with Gasteiger partial charge in [0.1, 0.15) is 12.0 Å². The van der Waals surface area contributed by atoms with Crippen molar-refractivity contribution in [2.45, 2.75) is 70.7 Å². The minimum Gasteiger partial charge on any atom is -0.381 e. The zero-order valence-electron chi connectivity index (χ0n) is 24.6. The number of aryl methyl sites for hydroxylation is 1. The third-order valence-electron chi connectivity index (χ3n) is 8.51. The van der Waals surface area contributed by atoms with Gasteiger partial charge in [-0.2, -0.15) is 0 Å². The summed E-state index contributed by atoms with van der Waals surface area (Å²) in [6.07, 6.45) is 1.61. The molecule has 2 aliphatic heterocycles. The summed E-state index contributed by atoms with van der Waals surface area (Å²) >= 11 is 0. The Kier molecular flexibility index (Phi) is 8.66. The van der Waals surface area contributed by atoms with Crippen molar-refractivity contribution in [1.82, 2.24) is 10.2 Å². The van der Waals surface area contributed by atoms with Crippen LogP contribution >= 0.6 is 0 Å². The van der Waals surface area contributed by atoms with E-state index in [0.717, 1.165) is 49.3 Å². The molecular formula is C34H43FN4O2. The number of hydrogen-bond acceptors (Lipinski definition) is 5. The zero-order chi connectivity index (χ0) is 29.1. The molecule has 1 amide bonds. The normalized spacial score (nSPS) is 21.9. The van der Waals surface area contributed by atoms with E-state index in [1.165, 1.54) is 11.6 Å². The van der Waals surface area contributed by atoms with Gasteiger partial charge in [-0.25, -0.2) is 4.39 Å². The first kappa shape index (κ1) is 29.1. The number of amides is 1. The van der Waals surface area contributed by atoms with Gasteiger partial charge in [0.25, 0.3) is 5.91 Å². The van der Waals surface area contributed by atoms with Gasteiger partial charge in [-0.05, 0) is 85.2 Å². The molecule has 0 bridgehead atoms. The molecule has 2 fully saturated rings. The van der Waals surface area contributed by atoms with Crippen LogP contribution in [0.3, 0.4) is 0 Å². The molecule has 2 aliphatic rings. The number of carbonyl (C=O) groups is 1. The molecule has 4 N–H and O–H groups in total. The summed E-state index contributed by atoms with van der Waals surface area (Å²) in [5.74, 6) is -1.15. The minimum atomic E-state index is -0.907. The fourth-order valence-corrected chi connectivity index (χ4v) is 6.20. The second kappa shape index (κ2) is 12.2. The van der Waals surface area contributed by atoms with Gasteiger partial charge in [-0.1, -0.05) is 57.2 Å². The molecule has 4 atom stereocenters. The number of aliphatic hydroxyl groups is 1. The van der Waals surface area contributed by atoms with Crippen molar-refractivity contribution < 1.29 is 14.3 Å². The lowest BCUT2D eigenvalue weighted by atomic mass is 9.82. The first-order chi connectivity index (χ1) is 19.6. The van der Waals surface area contributed by atoms with Crippen molar-refractivity contribution in [3.8, 4) is 0 Å². The van der Waals surface area contributed by atoms with Crippen molar-refractivity contribution in [1.29, 1.82) is 0 Å². The first-order valence-electron chi connectivity index (χ1n) is 14.8. The van der Waals surface area contributed by atoms with Gasteiger partial charge in [0.2, 0.25) is 0 Å². The molecular weight excluding hydrogens is 515 g/mol. The van der Waals surface area contributed by atoms with Crippen LogP contribution < -0.4 is 16.0 Å². The number of anilines is 2. The van der Waals surface area contributed by atoms with E-state index in [1.54, 1.807) is 24.0 Å². The van der Waals surface area contributed by atoms with E-state index in [9.17, 15) is 14.3 Å². The van der Waals surface area contributed by atoms with Gasteiger partial charge in [0, 0.05) is 36.4 Å². The Morgan fingerprint density at radius 3 is 2.49 bits per heavy atom. The molecule has 218 valence electrons. The van der Waals surface area contributed by atoms with E-state index in [0.29, 0.717) is 18.2 Å². The van der Waals surface area contributed by atoms with Crippen LogP contribution in [0.1, 0.15) is 73.1 Å². The predicted molar refractivity (Wildman–Crippen MR) is 164 cm³/mol. The zero-order valence-corrected chi connectivity index (χ0v) is 24.6. The summed E-state index contributed by atoms with van der Waals surface area (Å²) in [5.41, 5.74) is 4.64. The van der Waals surface area contributed by atoms with Crippen LogP contribution in [0.5, 0.6) is 0 Å². The van der Waals surface area contributed by atoms with E-state index in [4.69, 9.17) is 0 Å². The van der Waals surface area contributed by atoms with Crippen molar-refractivity contribution in [3.63, 3.8) is 0 Å². The smallest absolute Gasteiger partial charge is 0.257 e. The average Bonchev–Trinajstić information content (AvgIpc) is 3.46. The van der Waals surface area contributed by atoms with Crippen LogP contribution in [-0.2, 0) is 5.41 Å². The minimum absolute atomic E-state index is 0.0266. The highest BCUT2D eigenvalue weighted by Crippen LogP contribution is 2.40. The standard InChI is InChI=1S/C34H43FN4O2/c1-22-8-5-12-29(35)30(22)33(41)39-19-7-11-28(32(40)38-26-10-6-9-24(20-26)34(2,3)4)31(39)23-13-15-25(16-14-23)37-27-17-18-36-21-27/h5-6,8-10,12-16,20,27-28,31-32,36-38,40H,7,11,17-19,21H2,1-4H3. The monoisotopic (exact) mass is 558 g/mol. The van der Waals surface area contributed by atoms with Gasteiger partial charge in [-0.15, -0.1) is 0 Å². The highest BCUT2D eigenvalue weighted by molar-refractivity contribution is 5.96. The second-order valence-corrected chi connectivity index (χ2v) is 12.6. The van der Waals surface area contributed by atoms with Gasteiger partial charge in [-0.3, -0.25) is 4.79 Å². The van der Waals surface area contributed by atoms with E-state index in [-0.39, 0.29) is 22.8 Å². The molecule has 7 heteroatoms. The molecule has 5 rings (SSSR count). The van der Waals surface area contributed by atoms with Gasteiger partial charge in [0.15, 0.2) is 0 Å². The summed E-state index contributed by atoms with van der Waals surface area (Å²) < 4.78 is 15.0. The van der Waals surface area contributed by atoms with Crippen LogP contribution in [0.25, 0.3) is 0 Å². The molecule has 0 aliphatic carbocycles. The molecule has 3 aromatic rings. The molecule has 2 saturated heterocycles. The number of nitrogens with zero attached hydrogens (tertiary/aromatic N) is 1. The average molecular weight is 559 g/mol. The maximum atomic E-state index is 15.0. The molecule has 0 spiro atoms. The number of rotatable bonds is 7. The highest BCUT2D eigenvalue weighted by Gasteiger charge is 2.40. The number of likely N-dealkylation sites (tertiary alicyclic amines) is 1. The molecule has 0 aromatic heterocycles. The van der Waals surface area contributed by atoms with Crippen molar-refractivity contribution in [2.24, 2.45) is 5.92 Å². The molecule has 4 unspecified atom stereocenters. The Morgan fingerprint density at radius 2 is 1.80 bits per heavy atom. The molecule has 0 saturated carbocycles. The molecule has 6 nitrogen and oxygen atoms in total. The number of piperidine rings is 1. The fourth-order valence-electron chi connectivity index (χ4n) is 6.20. The number of aliphatic hydroxyl groups excluding tert-OH is 1. The number of hydrogen-bond donors (Lipinski definition) is 4. The number of nitrogens with one attached hydrogen (secondary N) is 3. The lowest BCUT2D eigenvalue weighted by Gasteiger charge is -2.44. The summed E-state index contributed by atoms with van der Waals surface area (Å²) in [7, 11) is 0. The number of halogens is 1.